The van der Waals surface area contributed by atoms with Crippen LogP contribution < -0.4 is 5.73 Å². The van der Waals surface area contributed by atoms with Gasteiger partial charge in [-0.2, -0.15) is 0 Å². The molecule has 15 heavy (non-hydrogen) atoms. The van der Waals surface area contributed by atoms with E-state index in [-0.39, 0.29) is 0 Å². The molecular weight excluding hydrogens is 182 g/mol. The first-order valence-electron chi connectivity index (χ1n) is 5.55. The van der Waals surface area contributed by atoms with Gasteiger partial charge >= 0.3 is 0 Å². The summed E-state index contributed by atoms with van der Waals surface area (Å²) < 4.78 is 0. The quantitative estimate of drug-likeness (QED) is 0.747. The van der Waals surface area contributed by atoms with Gasteiger partial charge in [0.2, 0.25) is 0 Å². The Balaban J connectivity index is 2.68. The highest BCUT2D eigenvalue weighted by atomic mass is 14.5. The maximum Gasteiger partial charge on any atom is -0.00425 e. The second-order valence-electron chi connectivity index (χ2n) is 4.22. The van der Waals surface area contributed by atoms with Crippen LogP contribution >= 0.6 is 0 Å². The van der Waals surface area contributed by atoms with Crippen molar-refractivity contribution in [3.63, 3.8) is 0 Å². The molecule has 0 saturated heterocycles. The van der Waals surface area contributed by atoms with Gasteiger partial charge in [0.05, 0.1) is 0 Å². The van der Waals surface area contributed by atoms with E-state index in [2.05, 4.69) is 45.0 Å². The molecule has 0 saturated carbocycles. The van der Waals surface area contributed by atoms with Crippen LogP contribution in [0.5, 0.6) is 0 Å². The minimum Gasteiger partial charge on any atom is -0.330 e. The Kier molecular flexibility index (Phi) is 4.57. The number of benzene rings is 1. The van der Waals surface area contributed by atoms with Gasteiger partial charge in [-0.1, -0.05) is 29.8 Å². The van der Waals surface area contributed by atoms with Gasteiger partial charge in [-0.25, -0.2) is 0 Å². The third-order valence-corrected chi connectivity index (χ3v) is 2.71. The smallest absolute Gasteiger partial charge is 0.00425 e. The van der Waals surface area contributed by atoms with E-state index in [4.69, 9.17) is 5.73 Å². The van der Waals surface area contributed by atoms with Crippen molar-refractivity contribution < 1.29 is 0 Å². The van der Waals surface area contributed by atoms with Crippen molar-refractivity contribution in [2.45, 2.75) is 33.6 Å². The predicted molar refractivity (Wildman–Crippen MR) is 67.0 cm³/mol. The van der Waals surface area contributed by atoms with E-state index >= 15 is 0 Å². The van der Waals surface area contributed by atoms with Crippen LogP contribution in [0.4, 0.5) is 0 Å². The first kappa shape index (κ1) is 12.0. The van der Waals surface area contributed by atoms with Crippen LogP contribution in [0.15, 0.2) is 29.8 Å². The summed E-state index contributed by atoms with van der Waals surface area (Å²) in [5, 5.41) is 0. The number of allylic oxidation sites excluding steroid dienone is 1. The molecule has 0 atom stereocenters. The Labute approximate surface area is 93.0 Å². The van der Waals surface area contributed by atoms with E-state index in [1.54, 1.807) is 0 Å². The number of rotatable bonds is 4. The summed E-state index contributed by atoms with van der Waals surface area (Å²) >= 11 is 0. The van der Waals surface area contributed by atoms with Gasteiger partial charge in [-0.15, -0.1) is 0 Å². The van der Waals surface area contributed by atoms with Gasteiger partial charge in [0, 0.05) is 0 Å². The maximum atomic E-state index is 5.47. The van der Waals surface area contributed by atoms with Crippen LogP contribution in [0, 0.1) is 13.8 Å². The van der Waals surface area contributed by atoms with Crippen LogP contribution in [0.25, 0.3) is 0 Å². The highest BCUT2D eigenvalue weighted by Gasteiger charge is 1.97. The van der Waals surface area contributed by atoms with E-state index in [1.165, 1.54) is 22.3 Å². The first-order valence-corrected chi connectivity index (χ1v) is 5.55. The average Bonchev–Trinajstić information content (AvgIpc) is 2.20. The standard InChI is InChI=1S/C14H21N/c1-11(5-4-8-15)9-14-7-6-12(2)13(3)10-14/h5-7,10H,4,8-9,15H2,1-3H3. The summed E-state index contributed by atoms with van der Waals surface area (Å²) in [5.41, 5.74) is 11.0. The lowest BCUT2D eigenvalue weighted by molar-refractivity contribution is 0.980. The Morgan fingerprint density at radius 2 is 2.00 bits per heavy atom. The van der Waals surface area contributed by atoms with E-state index in [1.807, 2.05) is 0 Å². The lowest BCUT2D eigenvalue weighted by Crippen LogP contribution is -1.97. The molecule has 1 aromatic carbocycles. The normalized spacial score (nSPS) is 11.9. The van der Waals surface area contributed by atoms with E-state index < -0.39 is 0 Å². The fourth-order valence-corrected chi connectivity index (χ4v) is 1.64. The molecule has 0 aliphatic carbocycles. The Bertz CT molecular complexity index is 350. The Hall–Kier alpha value is -1.08. The molecule has 0 spiro atoms. The zero-order valence-corrected chi connectivity index (χ0v) is 10.0. The molecule has 0 aromatic heterocycles. The van der Waals surface area contributed by atoms with Crippen LogP contribution in [0.2, 0.25) is 0 Å². The van der Waals surface area contributed by atoms with Crippen molar-refractivity contribution in [2.24, 2.45) is 5.73 Å². The van der Waals surface area contributed by atoms with Crippen molar-refractivity contribution in [3.05, 3.63) is 46.5 Å². The van der Waals surface area contributed by atoms with Crippen LogP contribution in [0.3, 0.4) is 0 Å². The number of hydrogen-bond donors (Lipinski definition) is 1. The van der Waals surface area contributed by atoms with Crippen molar-refractivity contribution in [1.82, 2.24) is 0 Å². The molecule has 0 aliphatic rings. The summed E-state index contributed by atoms with van der Waals surface area (Å²) in [6.45, 7) is 7.23. The van der Waals surface area contributed by atoms with E-state index in [9.17, 15) is 0 Å². The zero-order valence-electron chi connectivity index (χ0n) is 10.0. The minimum absolute atomic E-state index is 0.740. The molecule has 0 radical (unpaired) electrons. The second-order valence-corrected chi connectivity index (χ2v) is 4.22. The summed E-state index contributed by atoms with van der Waals surface area (Å²) in [6, 6.07) is 6.68. The predicted octanol–water partition coefficient (Wildman–Crippen LogP) is 3.14. The highest BCUT2D eigenvalue weighted by molar-refractivity contribution is 5.32. The SMILES string of the molecule is CC(=CCCN)Cc1ccc(C)c(C)c1. The molecule has 0 fully saturated rings. The lowest BCUT2D eigenvalue weighted by atomic mass is 10.0. The van der Waals surface area contributed by atoms with Gasteiger partial charge in [0.1, 0.15) is 0 Å². The number of nitrogens with two attached hydrogens (primary N) is 1. The summed E-state index contributed by atoms with van der Waals surface area (Å²) in [6.07, 6.45) is 4.26. The molecule has 0 aliphatic heterocycles. The number of hydrogen-bond acceptors (Lipinski definition) is 1. The van der Waals surface area contributed by atoms with Gasteiger partial charge in [0.25, 0.3) is 0 Å². The molecule has 0 amide bonds. The summed E-state index contributed by atoms with van der Waals surface area (Å²) in [4.78, 5) is 0. The van der Waals surface area contributed by atoms with Gasteiger partial charge in [0.15, 0.2) is 0 Å². The minimum atomic E-state index is 0.740. The molecule has 0 heterocycles. The monoisotopic (exact) mass is 203 g/mol. The van der Waals surface area contributed by atoms with Crippen LogP contribution in [0.1, 0.15) is 30.0 Å². The Morgan fingerprint density at radius 3 is 2.60 bits per heavy atom. The van der Waals surface area contributed by atoms with Crippen LogP contribution in [-0.4, -0.2) is 6.54 Å². The van der Waals surface area contributed by atoms with E-state index in [0.717, 1.165) is 19.4 Å². The third-order valence-electron chi connectivity index (χ3n) is 2.71. The molecule has 2 N–H and O–H groups in total. The molecule has 1 aromatic rings. The van der Waals surface area contributed by atoms with Crippen molar-refractivity contribution in [2.75, 3.05) is 6.54 Å². The highest BCUT2D eigenvalue weighted by Crippen LogP contribution is 2.13. The molecule has 1 nitrogen and oxygen atoms in total. The zero-order chi connectivity index (χ0) is 11.3. The van der Waals surface area contributed by atoms with Crippen molar-refractivity contribution >= 4 is 0 Å². The van der Waals surface area contributed by atoms with Gasteiger partial charge in [-0.05, 0) is 56.8 Å². The first-order chi connectivity index (χ1) is 7.13. The van der Waals surface area contributed by atoms with Crippen molar-refractivity contribution in [1.29, 1.82) is 0 Å². The molecule has 0 unspecified atom stereocenters. The third kappa shape index (κ3) is 3.88. The number of aryl methyl sites for hydroxylation is 2. The lowest BCUT2D eigenvalue weighted by Gasteiger charge is -2.05. The van der Waals surface area contributed by atoms with Crippen LogP contribution in [-0.2, 0) is 6.42 Å². The van der Waals surface area contributed by atoms with E-state index in [0.29, 0.717) is 0 Å². The van der Waals surface area contributed by atoms with Gasteiger partial charge in [-0.3, -0.25) is 0 Å². The fraction of sp³-hybridized carbons (Fsp3) is 0.429. The summed E-state index contributed by atoms with van der Waals surface area (Å²) in [7, 11) is 0. The summed E-state index contributed by atoms with van der Waals surface area (Å²) in [5.74, 6) is 0. The molecule has 0 bridgehead atoms. The second kappa shape index (κ2) is 5.72. The topological polar surface area (TPSA) is 26.0 Å². The molecule has 1 rings (SSSR count). The molecule has 1 heteroatoms. The molecule has 82 valence electrons. The molecular formula is C14H21N. The maximum absolute atomic E-state index is 5.47. The average molecular weight is 203 g/mol. The Morgan fingerprint density at radius 1 is 1.27 bits per heavy atom. The fourth-order valence-electron chi connectivity index (χ4n) is 1.64. The van der Waals surface area contributed by atoms with Crippen molar-refractivity contribution in [3.8, 4) is 0 Å². The largest absolute Gasteiger partial charge is 0.330 e. The van der Waals surface area contributed by atoms with Gasteiger partial charge < -0.3 is 5.73 Å².